The largest absolute Gasteiger partial charge is 0.383 e. The van der Waals surface area contributed by atoms with Gasteiger partial charge in [0.1, 0.15) is 5.82 Å². The zero-order valence-corrected chi connectivity index (χ0v) is 11.5. The van der Waals surface area contributed by atoms with Crippen LogP contribution in [0.25, 0.3) is 0 Å². The van der Waals surface area contributed by atoms with Crippen LogP contribution in [0.1, 0.15) is 11.3 Å². The second-order valence-corrected chi connectivity index (χ2v) is 5.37. The summed E-state index contributed by atoms with van der Waals surface area (Å²) >= 11 is 0. The van der Waals surface area contributed by atoms with Gasteiger partial charge in [0.2, 0.25) is 5.95 Å². The Bertz CT molecular complexity index is 453. The smallest absolute Gasteiger partial charge is 0.227 e. The number of likely N-dealkylation sites (N-methyl/N-ethyl adjacent to an activating group) is 1. The molecule has 1 fully saturated rings. The highest BCUT2D eigenvalue weighted by Crippen LogP contribution is 2.21. The molecular formula is C13H22N6. The summed E-state index contributed by atoms with van der Waals surface area (Å²) in [5.74, 6) is 1.48. The van der Waals surface area contributed by atoms with Gasteiger partial charge in [-0.15, -0.1) is 0 Å². The summed E-state index contributed by atoms with van der Waals surface area (Å²) in [5.41, 5.74) is 8.40. The highest BCUT2D eigenvalue weighted by molar-refractivity contribution is 5.49. The van der Waals surface area contributed by atoms with Crippen molar-refractivity contribution in [3.63, 3.8) is 0 Å². The van der Waals surface area contributed by atoms with Crippen molar-refractivity contribution >= 4 is 11.8 Å². The van der Waals surface area contributed by atoms with Gasteiger partial charge in [-0.3, -0.25) is 0 Å². The molecule has 19 heavy (non-hydrogen) atoms. The molecule has 2 aliphatic heterocycles. The van der Waals surface area contributed by atoms with Gasteiger partial charge in [-0.2, -0.15) is 4.98 Å². The number of nitrogens with two attached hydrogens (primary N) is 1. The van der Waals surface area contributed by atoms with Crippen LogP contribution in [0.2, 0.25) is 0 Å². The Morgan fingerprint density at radius 3 is 2.58 bits per heavy atom. The van der Waals surface area contributed by atoms with Crippen molar-refractivity contribution in [3.05, 3.63) is 11.3 Å². The van der Waals surface area contributed by atoms with Crippen molar-refractivity contribution in [1.29, 1.82) is 0 Å². The van der Waals surface area contributed by atoms with Crippen molar-refractivity contribution in [1.82, 2.24) is 20.2 Å². The zero-order chi connectivity index (χ0) is 13.2. The molecule has 6 nitrogen and oxygen atoms in total. The van der Waals surface area contributed by atoms with E-state index in [0.29, 0.717) is 5.82 Å². The Morgan fingerprint density at radius 2 is 1.79 bits per heavy atom. The summed E-state index contributed by atoms with van der Waals surface area (Å²) in [7, 11) is 2.15. The maximum absolute atomic E-state index is 6.13. The minimum absolute atomic E-state index is 0.669. The molecule has 1 saturated heterocycles. The van der Waals surface area contributed by atoms with Crippen molar-refractivity contribution in [2.75, 3.05) is 56.9 Å². The molecule has 1 aromatic rings. The Morgan fingerprint density at radius 1 is 1.05 bits per heavy atom. The van der Waals surface area contributed by atoms with Crippen LogP contribution in [-0.4, -0.2) is 61.2 Å². The third-order valence-corrected chi connectivity index (χ3v) is 3.99. The van der Waals surface area contributed by atoms with Gasteiger partial charge < -0.3 is 20.9 Å². The quantitative estimate of drug-likeness (QED) is 0.711. The normalized spacial score (nSPS) is 21.0. The van der Waals surface area contributed by atoms with Crippen LogP contribution < -0.4 is 16.0 Å². The number of piperazine rings is 1. The predicted octanol–water partition coefficient (Wildman–Crippen LogP) is -0.501. The lowest BCUT2D eigenvalue weighted by molar-refractivity contribution is 0.311. The lowest BCUT2D eigenvalue weighted by atomic mass is 10.1. The van der Waals surface area contributed by atoms with Crippen molar-refractivity contribution in [2.24, 2.45) is 0 Å². The summed E-state index contributed by atoms with van der Waals surface area (Å²) in [6.07, 6.45) is 1.88. The van der Waals surface area contributed by atoms with Crippen LogP contribution in [0.15, 0.2) is 0 Å². The van der Waals surface area contributed by atoms with E-state index in [-0.39, 0.29) is 0 Å². The van der Waals surface area contributed by atoms with Gasteiger partial charge in [-0.25, -0.2) is 4.98 Å². The molecule has 1 aromatic heterocycles. The fraction of sp³-hybridized carbons (Fsp3) is 0.692. The Hall–Kier alpha value is -1.40. The summed E-state index contributed by atoms with van der Waals surface area (Å²) in [6, 6.07) is 0. The van der Waals surface area contributed by atoms with E-state index in [9.17, 15) is 0 Å². The SMILES string of the molecule is CN1CCN(c2nc(N)c3c(n2)CCNCC3)CC1. The molecule has 0 saturated carbocycles. The van der Waals surface area contributed by atoms with Gasteiger partial charge in [0, 0.05) is 44.7 Å². The predicted molar refractivity (Wildman–Crippen MR) is 76.4 cm³/mol. The van der Waals surface area contributed by atoms with Gasteiger partial charge >= 0.3 is 0 Å². The van der Waals surface area contributed by atoms with E-state index in [1.54, 1.807) is 0 Å². The summed E-state index contributed by atoms with van der Waals surface area (Å²) < 4.78 is 0. The molecule has 0 atom stereocenters. The first-order chi connectivity index (χ1) is 9.24. The Balaban J connectivity index is 1.86. The minimum atomic E-state index is 0.669. The molecule has 2 aliphatic rings. The molecule has 0 aromatic carbocycles. The van der Waals surface area contributed by atoms with Crippen molar-refractivity contribution in [2.45, 2.75) is 12.8 Å². The first-order valence-corrected chi connectivity index (χ1v) is 7.03. The number of fused-ring (bicyclic) bond motifs is 1. The third-order valence-electron chi connectivity index (χ3n) is 3.99. The highest BCUT2D eigenvalue weighted by atomic mass is 15.3. The molecule has 0 bridgehead atoms. The molecule has 3 heterocycles. The monoisotopic (exact) mass is 262 g/mol. The molecule has 3 rings (SSSR count). The summed E-state index contributed by atoms with van der Waals surface area (Å²) in [6.45, 7) is 6.02. The molecule has 0 radical (unpaired) electrons. The number of rotatable bonds is 1. The summed E-state index contributed by atoms with van der Waals surface area (Å²) in [4.78, 5) is 13.9. The minimum Gasteiger partial charge on any atom is -0.383 e. The van der Waals surface area contributed by atoms with Crippen LogP contribution in [0.3, 0.4) is 0 Å². The molecule has 6 heteroatoms. The fourth-order valence-electron chi connectivity index (χ4n) is 2.71. The van der Waals surface area contributed by atoms with E-state index >= 15 is 0 Å². The van der Waals surface area contributed by atoms with E-state index < -0.39 is 0 Å². The average molecular weight is 262 g/mol. The number of nitrogens with zero attached hydrogens (tertiary/aromatic N) is 4. The van der Waals surface area contributed by atoms with Crippen LogP contribution in [0, 0.1) is 0 Å². The highest BCUT2D eigenvalue weighted by Gasteiger charge is 2.20. The van der Waals surface area contributed by atoms with E-state index in [0.717, 1.165) is 69.3 Å². The molecule has 0 spiro atoms. The van der Waals surface area contributed by atoms with E-state index in [1.165, 1.54) is 0 Å². The van der Waals surface area contributed by atoms with Crippen LogP contribution in [0.5, 0.6) is 0 Å². The number of aromatic nitrogens is 2. The molecule has 3 N–H and O–H groups in total. The Kier molecular flexibility index (Phi) is 3.52. The maximum Gasteiger partial charge on any atom is 0.227 e. The molecule has 104 valence electrons. The van der Waals surface area contributed by atoms with Gasteiger partial charge in [-0.05, 0) is 20.0 Å². The van der Waals surface area contributed by atoms with Crippen molar-refractivity contribution in [3.8, 4) is 0 Å². The first-order valence-electron chi connectivity index (χ1n) is 7.03. The number of nitrogen functional groups attached to an aromatic ring is 1. The number of anilines is 2. The van der Waals surface area contributed by atoms with Gasteiger partial charge in [0.05, 0.1) is 5.69 Å². The summed E-state index contributed by atoms with van der Waals surface area (Å²) in [5, 5.41) is 3.38. The third kappa shape index (κ3) is 2.64. The van der Waals surface area contributed by atoms with Crippen LogP contribution in [0.4, 0.5) is 11.8 Å². The second kappa shape index (κ2) is 5.30. The fourth-order valence-corrected chi connectivity index (χ4v) is 2.71. The van der Waals surface area contributed by atoms with Gasteiger partial charge in [-0.1, -0.05) is 0 Å². The molecule has 0 unspecified atom stereocenters. The molecule has 0 amide bonds. The maximum atomic E-state index is 6.13. The zero-order valence-electron chi connectivity index (χ0n) is 11.5. The second-order valence-electron chi connectivity index (χ2n) is 5.37. The van der Waals surface area contributed by atoms with E-state index in [1.807, 2.05) is 0 Å². The number of nitrogens with one attached hydrogen (secondary N) is 1. The first kappa shape index (κ1) is 12.6. The van der Waals surface area contributed by atoms with E-state index in [4.69, 9.17) is 10.7 Å². The molecular weight excluding hydrogens is 240 g/mol. The van der Waals surface area contributed by atoms with Gasteiger partial charge in [0.15, 0.2) is 0 Å². The van der Waals surface area contributed by atoms with E-state index in [2.05, 4.69) is 27.1 Å². The number of hydrogen-bond acceptors (Lipinski definition) is 6. The average Bonchev–Trinajstić information content (AvgIpc) is 2.65. The van der Waals surface area contributed by atoms with Gasteiger partial charge in [0.25, 0.3) is 0 Å². The number of hydrogen-bond donors (Lipinski definition) is 2. The standard InChI is InChI=1S/C13H22N6/c1-18-6-8-19(9-7-18)13-16-11-3-5-15-4-2-10(11)12(14)17-13/h15H,2-9H2,1H3,(H2,14,16,17). The lowest BCUT2D eigenvalue weighted by Crippen LogP contribution is -2.45. The van der Waals surface area contributed by atoms with Crippen molar-refractivity contribution < 1.29 is 0 Å². The topological polar surface area (TPSA) is 70.3 Å². The van der Waals surface area contributed by atoms with Crippen LogP contribution in [-0.2, 0) is 12.8 Å². The van der Waals surface area contributed by atoms with Crippen LogP contribution >= 0.6 is 0 Å². The lowest BCUT2D eigenvalue weighted by Gasteiger charge is -2.32. The molecule has 0 aliphatic carbocycles. The Labute approximate surface area is 114 Å².